The number of carbonyl (C=O) groups is 1. The lowest BCUT2D eigenvalue weighted by Crippen LogP contribution is -2.19. The van der Waals surface area contributed by atoms with Gasteiger partial charge in [-0.15, -0.1) is 13.2 Å². The van der Waals surface area contributed by atoms with E-state index in [1.54, 1.807) is 29.5 Å². The van der Waals surface area contributed by atoms with Crippen LogP contribution in [0.15, 0.2) is 6.07 Å². The second-order valence-corrected chi connectivity index (χ2v) is 4.17. The summed E-state index contributed by atoms with van der Waals surface area (Å²) in [6.45, 7) is 1.64. The number of pyridine rings is 1. The van der Waals surface area contributed by atoms with Gasteiger partial charge in [0.15, 0.2) is 5.69 Å². The molecule has 5 nitrogen and oxygen atoms in total. The fraction of sp³-hybridized carbons (Fsp3) is 0.400. The normalized spacial score (nSPS) is 11.1. The van der Waals surface area contributed by atoms with E-state index in [2.05, 4.69) is 9.72 Å². The molecular formula is C10H9F3INO4. The third-order valence-electron chi connectivity index (χ3n) is 1.81. The predicted octanol–water partition coefficient (Wildman–Crippen LogP) is 2.77. The third kappa shape index (κ3) is 4.40. The van der Waals surface area contributed by atoms with Gasteiger partial charge in [0.05, 0.1) is 17.3 Å². The fourth-order valence-electron chi connectivity index (χ4n) is 1.14. The van der Waals surface area contributed by atoms with Crippen molar-refractivity contribution in [3.63, 3.8) is 0 Å². The molecule has 0 aliphatic carbocycles. The van der Waals surface area contributed by atoms with Crippen LogP contribution >= 0.6 is 22.6 Å². The number of methoxy groups -OCH3 is 1. The van der Waals surface area contributed by atoms with Gasteiger partial charge < -0.3 is 14.2 Å². The van der Waals surface area contributed by atoms with Crippen LogP contribution in [-0.4, -0.2) is 31.0 Å². The smallest absolute Gasteiger partial charge is 0.495 e. The number of rotatable bonds is 4. The van der Waals surface area contributed by atoms with Gasteiger partial charge >= 0.3 is 12.3 Å². The maximum Gasteiger partial charge on any atom is 0.574 e. The van der Waals surface area contributed by atoms with Gasteiger partial charge in [0.25, 0.3) is 0 Å². The van der Waals surface area contributed by atoms with Crippen LogP contribution in [0.3, 0.4) is 0 Å². The van der Waals surface area contributed by atoms with E-state index in [9.17, 15) is 18.0 Å². The fourth-order valence-corrected chi connectivity index (χ4v) is 1.85. The van der Waals surface area contributed by atoms with Crippen molar-refractivity contribution < 1.29 is 32.2 Å². The van der Waals surface area contributed by atoms with E-state index < -0.39 is 18.2 Å². The highest BCUT2D eigenvalue weighted by molar-refractivity contribution is 14.1. The molecule has 0 aromatic carbocycles. The Morgan fingerprint density at radius 1 is 1.47 bits per heavy atom. The first-order valence-electron chi connectivity index (χ1n) is 4.96. The summed E-state index contributed by atoms with van der Waals surface area (Å²) < 4.78 is 49.9. The summed E-state index contributed by atoms with van der Waals surface area (Å²) in [4.78, 5) is 15.1. The predicted molar refractivity (Wildman–Crippen MR) is 66.1 cm³/mol. The van der Waals surface area contributed by atoms with Crippen molar-refractivity contribution in [2.75, 3.05) is 13.7 Å². The molecule has 0 saturated heterocycles. The minimum Gasteiger partial charge on any atom is -0.495 e. The van der Waals surface area contributed by atoms with E-state index in [4.69, 9.17) is 9.47 Å². The quantitative estimate of drug-likeness (QED) is 0.584. The van der Waals surface area contributed by atoms with Crippen LogP contribution in [0.4, 0.5) is 13.2 Å². The van der Waals surface area contributed by atoms with Crippen LogP contribution in [0.5, 0.6) is 11.6 Å². The number of alkyl halides is 3. The molecule has 1 aromatic rings. The summed E-state index contributed by atoms with van der Waals surface area (Å²) in [6, 6.07) is 0.942. The maximum atomic E-state index is 12.1. The highest BCUT2D eigenvalue weighted by atomic mass is 127. The first-order valence-corrected chi connectivity index (χ1v) is 6.03. The largest absolute Gasteiger partial charge is 0.574 e. The van der Waals surface area contributed by atoms with Crippen LogP contribution in [0, 0.1) is 3.57 Å². The molecule has 1 rings (SSSR count). The molecule has 1 heterocycles. The molecule has 0 aliphatic rings. The van der Waals surface area contributed by atoms with E-state index >= 15 is 0 Å². The minimum absolute atomic E-state index is 0.0397. The molecule has 0 spiro atoms. The van der Waals surface area contributed by atoms with Gasteiger partial charge in [0.2, 0.25) is 5.88 Å². The average molecular weight is 391 g/mol. The Kier molecular flexibility index (Phi) is 5.20. The minimum atomic E-state index is -4.91. The van der Waals surface area contributed by atoms with Crippen molar-refractivity contribution in [2.24, 2.45) is 0 Å². The zero-order valence-corrected chi connectivity index (χ0v) is 12.0. The molecule has 19 heavy (non-hydrogen) atoms. The zero-order chi connectivity index (χ0) is 14.6. The molecule has 0 radical (unpaired) electrons. The number of halogens is 4. The first-order chi connectivity index (χ1) is 8.78. The monoisotopic (exact) mass is 391 g/mol. The molecule has 0 atom stereocenters. The lowest BCUT2D eigenvalue weighted by Gasteiger charge is -2.12. The van der Waals surface area contributed by atoms with Crippen LogP contribution in [0.2, 0.25) is 0 Å². The summed E-state index contributed by atoms with van der Waals surface area (Å²) >= 11 is 1.72. The van der Waals surface area contributed by atoms with Crippen molar-refractivity contribution in [2.45, 2.75) is 13.3 Å². The Balaban J connectivity index is 3.22. The standard InChI is InChI=1S/C10H9F3INO4/c1-3-18-9(16)8-7(14)5(17-2)4-6(15-8)19-10(11,12)13/h4H,3H2,1-2H3. The highest BCUT2D eigenvalue weighted by Gasteiger charge is 2.33. The number of ether oxygens (including phenoxy) is 3. The average Bonchev–Trinajstić information content (AvgIpc) is 2.29. The van der Waals surface area contributed by atoms with Crippen LogP contribution in [-0.2, 0) is 4.74 Å². The molecule has 0 unspecified atom stereocenters. The molecule has 0 aliphatic heterocycles. The van der Waals surface area contributed by atoms with E-state index in [0.29, 0.717) is 0 Å². The van der Waals surface area contributed by atoms with Gasteiger partial charge in [-0.3, -0.25) is 0 Å². The van der Waals surface area contributed by atoms with Crippen LogP contribution in [0.1, 0.15) is 17.4 Å². The molecule has 0 bridgehead atoms. The van der Waals surface area contributed by atoms with Crippen molar-refractivity contribution in [1.29, 1.82) is 0 Å². The van der Waals surface area contributed by atoms with Crippen molar-refractivity contribution in [1.82, 2.24) is 4.98 Å². The Labute approximate surface area is 120 Å². The topological polar surface area (TPSA) is 57.7 Å². The van der Waals surface area contributed by atoms with Crippen LogP contribution in [0.25, 0.3) is 0 Å². The molecule has 1 aromatic heterocycles. The number of aromatic nitrogens is 1. The van der Waals surface area contributed by atoms with Gasteiger partial charge in [-0.2, -0.15) is 0 Å². The zero-order valence-electron chi connectivity index (χ0n) is 9.88. The summed E-state index contributed by atoms with van der Waals surface area (Å²) in [5.74, 6) is -1.59. The molecule has 0 fully saturated rings. The molecule has 9 heteroatoms. The number of hydrogen-bond donors (Lipinski definition) is 0. The van der Waals surface area contributed by atoms with Gasteiger partial charge in [-0.1, -0.05) is 0 Å². The van der Waals surface area contributed by atoms with Crippen molar-refractivity contribution in [3.8, 4) is 11.6 Å². The highest BCUT2D eigenvalue weighted by Crippen LogP contribution is 2.30. The number of carbonyl (C=O) groups excluding carboxylic acids is 1. The summed E-state index contributed by atoms with van der Waals surface area (Å²) in [6.07, 6.45) is -4.91. The van der Waals surface area contributed by atoms with Gasteiger partial charge in [0, 0.05) is 6.07 Å². The molecule has 0 N–H and O–H groups in total. The first kappa shape index (κ1) is 15.8. The molecular weight excluding hydrogens is 382 g/mol. The molecule has 106 valence electrons. The lowest BCUT2D eigenvalue weighted by atomic mass is 10.3. The van der Waals surface area contributed by atoms with Gasteiger partial charge in [0.1, 0.15) is 5.75 Å². The third-order valence-corrected chi connectivity index (χ3v) is 2.85. The van der Waals surface area contributed by atoms with E-state index in [-0.39, 0.29) is 21.6 Å². The van der Waals surface area contributed by atoms with Crippen molar-refractivity contribution in [3.05, 3.63) is 15.3 Å². The Bertz CT molecular complexity index is 479. The number of hydrogen-bond acceptors (Lipinski definition) is 5. The van der Waals surface area contributed by atoms with Gasteiger partial charge in [-0.25, -0.2) is 9.78 Å². The van der Waals surface area contributed by atoms with E-state index in [1.165, 1.54) is 7.11 Å². The molecule has 0 amide bonds. The molecule has 0 saturated carbocycles. The summed E-state index contributed by atoms with van der Waals surface area (Å²) in [7, 11) is 1.25. The number of esters is 1. The second-order valence-electron chi connectivity index (χ2n) is 3.09. The van der Waals surface area contributed by atoms with Crippen molar-refractivity contribution >= 4 is 28.6 Å². The second kappa shape index (κ2) is 6.26. The van der Waals surface area contributed by atoms with Gasteiger partial charge in [-0.05, 0) is 29.5 Å². The Morgan fingerprint density at radius 3 is 2.58 bits per heavy atom. The Hall–Kier alpha value is -1.26. The van der Waals surface area contributed by atoms with E-state index in [1.807, 2.05) is 0 Å². The lowest BCUT2D eigenvalue weighted by molar-refractivity contribution is -0.276. The summed E-state index contributed by atoms with van der Waals surface area (Å²) in [5.41, 5.74) is -0.291. The number of nitrogens with zero attached hydrogens (tertiary/aromatic N) is 1. The Morgan fingerprint density at radius 2 is 2.11 bits per heavy atom. The SMILES string of the molecule is CCOC(=O)c1nc(OC(F)(F)F)cc(OC)c1I. The maximum absolute atomic E-state index is 12.1. The summed E-state index contributed by atoms with van der Waals surface area (Å²) in [5, 5.41) is 0. The van der Waals surface area contributed by atoms with E-state index in [0.717, 1.165) is 6.07 Å². The van der Waals surface area contributed by atoms with Crippen LogP contribution < -0.4 is 9.47 Å².